The van der Waals surface area contributed by atoms with Gasteiger partial charge in [-0.3, -0.25) is 4.79 Å². The zero-order valence-corrected chi connectivity index (χ0v) is 21.5. The molecule has 0 atom stereocenters. The molecule has 2 aromatic carbocycles. The van der Waals surface area contributed by atoms with Gasteiger partial charge in [-0.1, -0.05) is 29.8 Å². The number of carbonyl (C=O) groups is 1. The summed E-state index contributed by atoms with van der Waals surface area (Å²) < 4.78 is 27.9. The van der Waals surface area contributed by atoms with Crippen molar-refractivity contribution in [2.75, 3.05) is 36.4 Å². The number of nitrogens with one attached hydrogen (secondary N) is 1. The lowest BCUT2D eigenvalue weighted by Gasteiger charge is -2.36. The summed E-state index contributed by atoms with van der Waals surface area (Å²) in [5, 5.41) is 3.34. The molecule has 0 bridgehead atoms. The van der Waals surface area contributed by atoms with Gasteiger partial charge in [0.2, 0.25) is 15.9 Å². The molecule has 1 N–H and O–H groups in total. The highest BCUT2D eigenvalue weighted by molar-refractivity contribution is 7.89. The maximum absolute atomic E-state index is 13.2. The van der Waals surface area contributed by atoms with Gasteiger partial charge in [0.25, 0.3) is 0 Å². The monoisotopic (exact) mass is 513 g/mol. The van der Waals surface area contributed by atoms with Crippen LogP contribution in [-0.2, 0) is 21.2 Å². The number of benzene rings is 2. The van der Waals surface area contributed by atoms with Crippen molar-refractivity contribution in [1.82, 2.24) is 14.3 Å². The van der Waals surface area contributed by atoms with Gasteiger partial charge in [0.15, 0.2) is 0 Å². The van der Waals surface area contributed by atoms with E-state index in [2.05, 4.69) is 15.2 Å². The number of nitrogens with zero attached hydrogens (tertiary/aromatic N) is 4. The van der Waals surface area contributed by atoms with Gasteiger partial charge in [-0.15, -0.1) is 0 Å². The van der Waals surface area contributed by atoms with Crippen molar-refractivity contribution in [3.63, 3.8) is 0 Å². The minimum atomic E-state index is -3.65. The van der Waals surface area contributed by atoms with Crippen LogP contribution in [0.5, 0.6) is 0 Å². The van der Waals surface area contributed by atoms with Crippen molar-refractivity contribution in [2.24, 2.45) is 0 Å². The first-order valence-electron chi connectivity index (χ1n) is 11.4. The Balaban J connectivity index is 1.52. The molecular formula is C25H28ClN5O3S. The second kappa shape index (κ2) is 10.3. The standard InChI is InChI=1S/C25H28ClN5O3S/c1-17-23(16-20-6-4-5-7-24(20)26)25(28-18(2)27-17)30-12-14-31(15-13-30)35(33,34)22-10-8-21(9-11-22)29-19(3)32/h4-11H,12-16H2,1-3H3,(H,29,32). The Bertz CT molecular complexity index is 1340. The van der Waals surface area contributed by atoms with Crippen molar-refractivity contribution in [3.05, 3.63) is 76.2 Å². The van der Waals surface area contributed by atoms with Gasteiger partial charge in [-0.05, 0) is 49.7 Å². The van der Waals surface area contributed by atoms with Crippen LogP contribution in [0.3, 0.4) is 0 Å². The molecule has 1 amide bonds. The zero-order chi connectivity index (χ0) is 25.2. The molecule has 35 heavy (non-hydrogen) atoms. The Kier molecular flexibility index (Phi) is 7.39. The first-order chi connectivity index (χ1) is 16.6. The summed E-state index contributed by atoms with van der Waals surface area (Å²) in [6.07, 6.45) is 0.597. The largest absolute Gasteiger partial charge is 0.354 e. The molecule has 0 saturated carbocycles. The molecule has 0 unspecified atom stereocenters. The fourth-order valence-corrected chi connectivity index (χ4v) is 5.85. The van der Waals surface area contributed by atoms with Gasteiger partial charge in [0.1, 0.15) is 11.6 Å². The van der Waals surface area contributed by atoms with Crippen molar-refractivity contribution in [3.8, 4) is 0 Å². The number of halogens is 1. The zero-order valence-electron chi connectivity index (χ0n) is 20.0. The number of rotatable bonds is 6. The summed E-state index contributed by atoms with van der Waals surface area (Å²) in [6, 6.07) is 13.9. The van der Waals surface area contributed by atoms with Gasteiger partial charge in [0, 0.05) is 61.5 Å². The molecule has 0 aliphatic carbocycles. The Morgan fingerprint density at radius 2 is 1.66 bits per heavy atom. The molecule has 1 saturated heterocycles. The highest BCUT2D eigenvalue weighted by Gasteiger charge is 2.30. The van der Waals surface area contributed by atoms with Gasteiger partial charge in [0.05, 0.1) is 4.90 Å². The molecule has 1 aliphatic rings. The number of carbonyl (C=O) groups excluding carboxylic acids is 1. The number of sulfonamides is 1. The van der Waals surface area contributed by atoms with E-state index in [1.165, 1.54) is 23.4 Å². The molecule has 2 heterocycles. The summed E-state index contributed by atoms with van der Waals surface area (Å²) >= 11 is 6.41. The van der Waals surface area contributed by atoms with Crippen molar-refractivity contribution >= 4 is 39.0 Å². The number of amides is 1. The smallest absolute Gasteiger partial charge is 0.243 e. The summed E-state index contributed by atoms with van der Waals surface area (Å²) in [6.45, 7) is 6.93. The Hall–Kier alpha value is -3.01. The molecule has 1 aromatic heterocycles. The van der Waals surface area contributed by atoms with Crippen LogP contribution in [0, 0.1) is 13.8 Å². The third-order valence-electron chi connectivity index (χ3n) is 5.98. The van der Waals surface area contributed by atoms with E-state index >= 15 is 0 Å². The predicted octanol–water partition coefficient (Wildman–Crippen LogP) is 3.81. The van der Waals surface area contributed by atoms with Crippen LogP contribution in [0.4, 0.5) is 11.5 Å². The Morgan fingerprint density at radius 3 is 2.29 bits per heavy atom. The van der Waals surface area contributed by atoms with Crippen LogP contribution in [0.2, 0.25) is 5.02 Å². The molecule has 3 aromatic rings. The van der Waals surface area contributed by atoms with E-state index in [0.717, 1.165) is 22.6 Å². The average Bonchev–Trinajstić information content (AvgIpc) is 2.82. The minimum absolute atomic E-state index is 0.202. The maximum atomic E-state index is 13.2. The van der Waals surface area contributed by atoms with Gasteiger partial charge in [-0.25, -0.2) is 18.4 Å². The third-order valence-corrected chi connectivity index (χ3v) is 8.26. The highest BCUT2D eigenvalue weighted by Crippen LogP contribution is 2.28. The number of aryl methyl sites for hydroxylation is 2. The van der Waals surface area contributed by atoms with Crippen LogP contribution < -0.4 is 10.2 Å². The molecule has 0 spiro atoms. The van der Waals surface area contributed by atoms with E-state index in [1.54, 1.807) is 12.1 Å². The van der Waals surface area contributed by atoms with Crippen LogP contribution >= 0.6 is 11.6 Å². The molecular weight excluding hydrogens is 486 g/mol. The van der Waals surface area contributed by atoms with Gasteiger partial charge in [-0.2, -0.15) is 4.31 Å². The lowest BCUT2D eigenvalue weighted by atomic mass is 10.0. The van der Waals surface area contributed by atoms with E-state index in [0.29, 0.717) is 49.1 Å². The summed E-state index contributed by atoms with van der Waals surface area (Å²) in [7, 11) is -3.65. The van der Waals surface area contributed by atoms with E-state index in [-0.39, 0.29) is 10.8 Å². The van der Waals surface area contributed by atoms with Crippen molar-refractivity contribution in [2.45, 2.75) is 32.1 Å². The van der Waals surface area contributed by atoms with Gasteiger partial charge < -0.3 is 10.2 Å². The van der Waals surface area contributed by atoms with E-state index in [4.69, 9.17) is 16.6 Å². The Morgan fingerprint density at radius 1 is 1.00 bits per heavy atom. The Labute approximate surface area is 211 Å². The summed E-state index contributed by atoms with van der Waals surface area (Å²) in [4.78, 5) is 22.8. The fourth-order valence-electron chi connectivity index (χ4n) is 4.22. The lowest BCUT2D eigenvalue weighted by molar-refractivity contribution is -0.114. The van der Waals surface area contributed by atoms with E-state index < -0.39 is 10.0 Å². The second-order valence-corrected chi connectivity index (χ2v) is 10.9. The van der Waals surface area contributed by atoms with E-state index in [9.17, 15) is 13.2 Å². The molecule has 184 valence electrons. The van der Waals surface area contributed by atoms with Crippen LogP contribution in [-0.4, -0.2) is 54.8 Å². The molecule has 1 fully saturated rings. The fraction of sp³-hybridized carbons (Fsp3) is 0.320. The van der Waals surface area contributed by atoms with Crippen LogP contribution in [0.15, 0.2) is 53.4 Å². The highest BCUT2D eigenvalue weighted by atomic mass is 35.5. The summed E-state index contributed by atoms with van der Waals surface area (Å²) in [5.41, 5.74) is 3.44. The molecule has 4 rings (SSSR count). The number of hydrogen-bond acceptors (Lipinski definition) is 6. The van der Waals surface area contributed by atoms with Crippen molar-refractivity contribution in [1.29, 1.82) is 0 Å². The molecule has 10 heteroatoms. The maximum Gasteiger partial charge on any atom is 0.243 e. The third kappa shape index (κ3) is 5.63. The second-order valence-electron chi connectivity index (χ2n) is 8.52. The number of hydrogen-bond donors (Lipinski definition) is 1. The normalized spacial score (nSPS) is 14.7. The first-order valence-corrected chi connectivity index (χ1v) is 13.2. The average molecular weight is 514 g/mol. The van der Waals surface area contributed by atoms with Gasteiger partial charge >= 0.3 is 0 Å². The quantitative estimate of drug-likeness (QED) is 0.538. The topological polar surface area (TPSA) is 95.5 Å². The minimum Gasteiger partial charge on any atom is -0.354 e. The van der Waals surface area contributed by atoms with Crippen LogP contribution in [0.25, 0.3) is 0 Å². The number of piperazine rings is 1. The first kappa shape index (κ1) is 25.1. The van der Waals surface area contributed by atoms with Crippen molar-refractivity contribution < 1.29 is 13.2 Å². The molecule has 1 aliphatic heterocycles. The number of aromatic nitrogens is 2. The molecule has 8 nitrogen and oxygen atoms in total. The predicted molar refractivity (Wildman–Crippen MR) is 137 cm³/mol. The number of anilines is 2. The lowest BCUT2D eigenvalue weighted by Crippen LogP contribution is -2.49. The molecule has 0 radical (unpaired) electrons. The van der Waals surface area contributed by atoms with Crippen LogP contribution in [0.1, 0.15) is 29.6 Å². The SMILES string of the molecule is CC(=O)Nc1ccc(S(=O)(=O)N2CCN(c3nc(C)nc(C)c3Cc3ccccc3Cl)CC2)cc1. The van der Waals surface area contributed by atoms with E-state index in [1.807, 2.05) is 38.1 Å². The summed E-state index contributed by atoms with van der Waals surface area (Å²) in [5.74, 6) is 1.29.